The van der Waals surface area contributed by atoms with Crippen molar-refractivity contribution in [1.29, 1.82) is 0 Å². The summed E-state index contributed by atoms with van der Waals surface area (Å²) in [5.74, 6) is 0.0926. The molecule has 48 valence electrons. The smallest absolute Gasteiger partial charge is 1.00 e. The molecule has 0 N–H and O–H groups in total. The summed E-state index contributed by atoms with van der Waals surface area (Å²) in [6.45, 7) is 1.53. The first kappa shape index (κ1) is 22.5. The summed E-state index contributed by atoms with van der Waals surface area (Å²) in [5, 5.41) is 0. The summed E-state index contributed by atoms with van der Waals surface area (Å²) in [4.78, 5) is 11.6. The summed E-state index contributed by atoms with van der Waals surface area (Å²) in [5.41, 5.74) is 0. The van der Waals surface area contributed by atoms with Crippen LogP contribution in [0.1, 0.15) is 9.78 Å². The van der Waals surface area contributed by atoms with Crippen molar-refractivity contribution in [2.75, 3.05) is 14.1 Å². The Balaban J connectivity index is -0.0000000125. The van der Waals surface area contributed by atoms with Gasteiger partial charge >= 0.3 is 37.7 Å². The minimum Gasteiger partial charge on any atom is -1.00 e. The van der Waals surface area contributed by atoms with Crippen LogP contribution in [0.2, 0.25) is 0 Å². The molecule has 0 radical (unpaired) electrons. The Bertz CT molecular complexity index is 77.1. The van der Waals surface area contributed by atoms with Crippen molar-refractivity contribution in [2.45, 2.75) is 6.92 Å². The molecule has 0 atom stereocenters. The molecule has 0 saturated heterocycles. The summed E-state index contributed by atoms with van der Waals surface area (Å²) >= 11 is 0. The second-order valence-corrected chi connectivity index (χ2v) is 1.41. The number of amides is 1. The van der Waals surface area contributed by atoms with Crippen LogP contribution in [-0.2, 0) is 4.79 Å². The van der Waals surface area contributed by atoms with Crippen LogP contribution >= 0.6 is 12.4 Å². The first-order valence-corrected chi connectivity index (χ1v) is 1.82. The van der Waals surface area contributed by atoms with Crippen molar-refractivity contribution in [2.24, 2.45) is 0 Å². The molecule has 0 saturated carbocycles. The maximum absolute atomic E-state index is 10.1. The first-order valence-electron chi connectivity index (χ1n) is 1.82. The van der Waals surface area contributed by atoms with Gasteiger partial charge in [-0.05, 0) is 0 Å². The van der Waals surface area contributed by atoms with E-state index in [2.05, 4.69) is 0 Å². The van der Waals surface area contributed by atoms with E-state index in [-0.39, 0.29) is 58.9 Å². The average molecular weight is 139 g/mol. The number of carbonyl (C=O) groups is 1. The topological polar surface area (TPSA) is 20.3 Å². The number of carbonyl (C=O) groups excluding carboxylic acids is 1. The Labute approximate surface area is 89.5 Å². The standard InChI is InChI=1S/C4H9NO.ClH.2Li.2H/c1-4(6)5(2)3;;;;;/h1-3H3;1H;;;;/q;;2*+1;2*-1. The Morgan fingerprint density at radius 3 is 1.44 bits per heavy atom. The number of hydrogen-bond donors (Lipinski definition) is 0. The van der Waals surface area contributed by atoms with E-state index in [1.165, 1.54) is 11.8 Å². The van der Waals surface area contributed by atoms with E-state index in [0.29, 0.717) is 0 Å². The summed E-state index contributed by atoms with van der Waals surface area (Å²) in [6.07, 6.45) is 0. The van der Waals surface area contributed by atoms with Crippen molar-refractivity contribution in [3.8, 4) is 0 Å². The quantitative estimate of drug-likeness (QED) is 0.307. The molecule has 9 heavy (non-hydrogen) atoms. The molecule has 0 aromatic rings. The van der Waals surface area contributed by atoms with Gasteiger partial charge in [0.05, 0.1) is 0 Å². The molecule has 0 spiro atoms. The van der Waals surface area contributed by atoms with E-state index >= 15 is 0 Å². The zero-order chi connectivity index (χ0) is 5.15. The zero-order valence-electron chi connectivity index (χ0n) is 8.76. The normalized spacial score (nSPS) is 5.22. The Kier molecular flexibility index (Phi) is 29.3. The van der Waals surface area contributed by atoms with Crippen molar-refractivity contribution >= 4 is 18.3 Å². The van der Waals surface area contributed by atoms with E-state index in [1.807, 2.05) is 0 Å². The summed E-state index contributed by atoms with van der Waals surface area (Å²) in [7, 11) is 3.45. The van der Waals surface area contributed by atoms with E-state index in [0.717, 1.165) is 0 Å². The van der Waals surface area contributed by atoms with Crippen LogP contribution in [0.5, 0.6) is 0 Å². The predicted molar refractivity (Wildman–Crippen MR) is 33.8 cm³/mol. The molecule has 0 rings (SSSR count). The van der Waals surface area contributed by atoms with Gasteiger partial charge < -0.3 is 7.75 Å². The number of nitrogens with zero attached hydrogens (tertiary/aromatic N) is 1. The molecule has 0 aromatic carbocycles. The van der Waals surface area contributed by atoms with Gasteiger partial charge in [-0.1, -0.05) is 0 Å². The third kappa shape index (κ3) is 17.6. The van der Waals surface area contributed by atoms with Gasteiger partial charge in [0.2, 0.25) is 5.91 Å². The average Bonchev–Trinajstić information content (AvgIpc) is 1.36. The third-order valence-corrected chi connectivity index (χ3v) is 0.630. The van der Waals surface area contributed by atoms with Crippen LogP contribution in [0.25, 0.3) is 0 Å². The molecule has 1 amide bonds. The minimum atomic E-state index is 0. The van der Waals surface area contributed by atoms with Crippen LogP contribution in [0.3, 0.4) is 0 Å². The Morgan fingerprint density at radius 1 is 1.33 bits per heavy atom. The van der Waals surface area contributed by atoms with Crippen molar-refractivity contribution in [1.82, 2.24) is 4.90 Å². The second kappa shape index (κ2) is 11.7. The van der Waals surface area contributed by atoms with Gasteiger partial charge in [-0.15, -0.1) is 12.4 Å². The van der Waals surface area contributed by atoms with Gasteiger partial charge in [-0.3, -0.25) is 4.79 Å². The van der Waals surface area contributed by atoms with Crippen molar-refractivity contribution in [3.63, 3.8) is 0 Å². The molecular weight excluding hydrogens is 127 g/mol. The molecule has 0 bridgehead atoms. The zero-order valence-corrected chi connectivity index (χ0v) is 7.58. The maximum Gasteiger partial charge on any atom is 1.00 e. The van der Waals surface area contributed by atoms with Gasteiger partial charge in [-0.2, -0.15) is 0 Å². The van der Waals surface area contributed by atoms with Gasteiger partial charge in [0.25, 0.3) is 0 Å². The maximum atomic E-state index is 10.1. The van der Waals surface area contributed by atoms with Crippen LogP contribution in [0, 0.1) is 0 Å². The minimum absolute atomic E-state index is 0. The van der Waals surface area contributed by atoms with Gasteiger partial charge in [-0.25, -0.2) is 0 Å². The number of halogens is 1. The fourth-order valence-electron chi connectivity index (χ4n) is 0. The van der Waals surface area contributed by atoms with Gasteiger partial charge in [0, 0.05) is 21.0 Å². The van der Waals surface area contributed by atoms with Gasteiger partial charge in [0.15, 0.2) is 0 Å². The first-order chi connectivity index (χ1) is 2.64. The van der Waals surface area contributed by atoms with Crippen LogP contribution < -0.4 is 37.7 Å². The van der Waals surface area contributed by atoms with E-state index in [4.69, 9.17) is 0 Å². The third-order valence-electron chi connectivity index (χ3n) is 0.630. The number of hydrogen-bond acceptors (Lipinski definition) is 1. The van der Waals surface area contributed by atoms with Crippen molar-refractivity contribution in [3.05, 3.63) is 0 Å². The molecule has 0 heterocycles. The van der Waals surface area contributed by atoms with Crippen molar-refractivity contribution < 1.29 is 45.4 Å². The van der Waals surface area contributed by atoms with Crippen LogP contribution in [0.4, 0.5) is 0 Å². The molecule has 0 aliphatic heterocycles. The fraction of sp³-hybridized carbons (Fsp3) is 0.750. The monoisotopic (exact) mass is 139 g/mol. The molecule has 0 fully saturated rings. The fourth-order valence-corrected chi connectivity index (χ4v) is 0. The van der Waals surface area contributed by atoms with E-state index < -0.39 is 0 Å². The summed E-state index contributed by atoms with van der Waals surface area (Å²) in [6, 6.07) is 0. The molecule has 2 nitrogen and oxygen atoms in total. The number of rotatable bonds is 0. The Morgan fingerprint density at radius 2 is 1.44 bits per heavy atom. The molecule has 5 heteroatoms. The Hall–Kier alpha value is 0.955. The van der Waals surface area contributed by atoms with E-state index in [1.54, 1.807) is 14.1 Å². The summed E-state index contributed by atoms with van der Waals surface area (Å²) < 4.78 is 0. The predicted octanol–water partition coefficient (Wildman–Crippen LogP) is -5.25. The molecule has 0 aromatic heterocycles. The molecule has 0 aliphatic rings. The molecular formula is C4H12ClLi2NO. The molecule has 0 unspecified atom stereocenters. The molecule has 0 aliphatic carbocycles. The van der Waals surface area contributed by atoms with E-state index in [9.17, 15) is 4.79 Å². The van der Waals surface area contributed by atoms with Crippen LogP contribution in [0.15, 0.2) is 0 Å². The largest absolute Gasteiger partial charge is 1.00 e. The van der Waals surface area contributed by atoms with Crippen LogP contribution in [-0.4, -0.2) is 24.9 Å². The second-order valence-electron chi connectivity index (χ2n) is 1.41. The SMILES string of the molecule is CC(=O)N(C)C.Cl.[H-].[H-].[Li+].[Li+]. The van der Waals surface area contributed by atoms with Gasteiger partial charge in [0.1, 0.15) is 0 Å².